The van der Waals surface area contributed by atoms with Crippen LogP contribution in [0, 0.1) is 6.92 Å². The van der Waals surface area contributed by atoms with Crippen molar-refractivity contribution in [3.8, 4) is 5.75 Å². The number of carbonyl (C=O) groups is 1. The van der Waals surface area contributed by atoms with E-state index in [4.69, 9.17) is 9.47 Å². The number of morpholine rings is 1. The molecule has 0 bridgehead atoms. The molecule has 1 aromatic heterocycles. The van der Waals surface area contributed by atoms with Crippen molar-refractivity contribution < 1.29 is 14.3 Å². The Hall–Kier alpha value is -2.87. The minimum absolute atomic E-state index is 0.0138. The van der Waals surface area contributed by atoms with Crippen molar-refractivity contribution in [2.75, 3.05) is 68.9 Å². The summed E-state index contributed by atoms with van der Waals surface area (Å²) in [6.07, 6.45) is 0. The van der Waals surface area contributed by atoms with Gasteiger partial charge >= 0.3 is 0 Å². The molecule has 2 fully saturated rings. The molecule has 3 heterocycles. The quantitative estimate of drug-likeness (QED) is 0.754. The van der Waals surface area contributed by atoms with Gasteiger partial charge in [0.1, 0.15) is 5.75 Å². The maximum absolute atomic E-state index is 12.5. The number of carbonyl (C=O) groups excluding carboxylic acids is 1. The lowest BCUT2D eigenvalue weighted by atomic mass is 10.2. The summed E-state index contributed by atoms with van der Waals surface area (Å²) in [4.78, 5) is 18.7. The molecule has 2 saturated heterocycles. The summed E-state index contributed by atoms with van der Waals surface area (Å²) in [7, 11) is 0. The maximum atomic E-state index is 12.5. The highest BCUT2D eigenvalue weighted by molar-refractivity contribution is 5.78. The van der Waals surface area contributed by atoms with Crippen LogP contribution in [0.5, 0.6) is 5.75 Å². The van der Waals surface area contributed by atoms with Gasteiger partial charge in [0, 0.05) is 39.3 Å². The largest absolute Gasteiger partial charge is 0.484 e. The van der Waals surface area contributed by atoms with E-state index in [1.54, 1.807) is 0 Å². The van der Waals surface area contributed by atoms with E-state index in [1.165, 1.54) is 0 Å². The number of rotatable bonds is 5. The van der Waals surface area contributed by atoms with Crippen molar-refractivity contribution in [3.05, 3.63) is 42.0 Å². The van der Waals surface area contributed by atoms with Crippen molar-refractivity contribution in [2.45, 2.75) is 6.92 Å². The first kappa shape index (κ1) is 19.4. The second kappa shape index (κ2) is 9.09. The lowest BCUT2D eigenvalue weighted by Crippen LogP contribution is -2.50. The summed E-state index contributed by atoms with van der Waals surface area (Å²) < 4.78 is 11.0. The summed E-state index contributed by atoms with van der Waals surface area (Å²) >= 11 is 0. The van der Waals surface area contributed by atoms with E-state index >= 15 is 0 Å². The van der Waals surface area contributed by atoms with Crippen LogP contribution in [-0.4, -0.2) is 80.1 Å². The fraction of sp³-hybridized carbons (Fsp3) is 0.476. The van der Waals surface area contributed by atoms with Gasteiger partial charge in [0.2, 0.25) is 0 Å². The van der Waals surface area contributed by atoms with Gasteiger partial charge in [0.15, 0.2) is 18.2 Å². The molecule has 0 N–H and O–H groups in total. The monoisotopic (exact) mass is 397 g/mol. The molecule has 2 aliphatic rings. The van der Waals surface area contributed by atoms with Crippen LogP contribution < -0.4 is 14.5 Å². The molecule has 8 nitrogen and oxygen atoms in total. The Labute approximate surface area is 171 Å². The van der Waals surface area contributed by atoms with Crippen molar-refractivity contribution in [3.63, 3.8) is 0 Å². The standard InChI is InChI=1S/C21H27N5O3/c1-17-3-2-4-18(15-17)29-16-21(27)26-9-7-24(8-10-26)19-5-6-20(23-22-19)25-11-13-28-14-12-25/h2-6,15H,7-14,16H2,1H3. The number of piperazine rings is 1. The molecule has 4 rings (SSSR count). The summed E-state index contributed by atoms with van der Waals surface area (Å²) in [5.41, 5.74) is 1.12. The Morgan fingerprint density at radius 3 is 2.24 bits per heavy atom. The van der Waals surface area contributed by atoms with E-state index in [0.717, 1.165) is 62.3 Å². The molecule has 1 amide bonds. The average Bonchev–Trinajstić information content (AvgIpc) is 2.78. The molecule has 1 aromatic carbocycles. The Morgan fingerprint density at radius 2 is 1.62 bits per heavy atom. The SMILES string of the molecule is Cc1cccc(OCC(=O)N2CCN(c3ccc(N4CCOCC4)nn3)CC2)c1. The summed E-state index contributed by atoms with van der Waals surface area (Å²) in [6.45, 7) is 8.01. The second-order valence-electron chi connectivity index (χ2n) is 7.32. The van der Waals surface area contributed by atoms with Crippen molar-refractivity contribution in [1.82, 2.24) is 15.1 Å². The van der Waals surface area contributed by atoms with Gasteiger partial charge in [-0.25, -0.2) is 0 Å². The highest BCUT2D eigenvalue weighted by atomic mass is 16.5. The Kier molecular flexibility index (Phi) is 6.09. The van der Waals surface area contributed by atoms with Gasteiger partial charge in [-0.3, -0.25) is 4.79 Å². The van der Waals surface area contributed by atoms with E-state index in [0.29, 0.717) is 13.1 Å². The first-order valence-corrected chi connectivity index (χ1v) is 10.1. The van der Waals surface area contributed by atoms with Crippen LogP contribution in [0.1, 0.15) is 5.56 Å². The zero-order valence-corrected chi connectivity index (χ0v) is 16.8. The molecule has 0 radical (unpaired) electrons. The van der Waals surface area contributed by atoms with Crippen molar-refractivity contribution >= 4 is 17.5 Å². The third kappa shape index (κ3) is 4.95. The molecular formula is C21H27N5O3. The van der Waals surface area contributed by atoms with Crippen LogP contribution >= 0.6 is 0 Å². The molecule has 2 aromatic rings. The van der Waals surface area contributed by atoms with Gasteiger partial charge in [-0.2, -0.15) is 0 Å². The van der Waals surface area contributed by atoms with Crippen LogP contribution in [0.3, 0.4) is 0 Å². The van der Waals surface area contributed by atoms with Crippen molar-refractivity contribution in [1.29, 1.82) is 0 Å². The van der Waals surface area contributed by atoms with Crippen LogP contribution in [0.2, 0.25) is 0 Å². The Bertz CT molecular complexity index is 815. The second-order valence-corrected chi connectivity index (χ2v) is 7.32. The van der Waals surface area contributed by atoms with Gasteiger partial charge in [-0.05, 0) is 36.8 Å². The van der Waals surface area contributed by atoms with Gasteiger partial charge in [0.05, 0.1) is 13.2 Å². The predicted octanol–water partition coefficient (Wildman–Crippen LogP) is 1.35. The molecule has 154 valence electrons. The Balaban J connectivity index is 1.26. The summed E-state index contributed by atoms with van der Waals surface area (Å²) in [6, 6.07) is 11.8. The molecule has 29 heavy (non-hydrogen) atoms. The van der Waals surface area contributed by atoms with E-state index in [9.17, 15) is 4.79 Å². The minimum Gasteiger partial charge on any atom is -0.484 e. The van der Waals surface area contributed by atoms with Gasteiger partial charge in [0.25, 0.3) is 5.91 Å². The first-order chi connectivity index (χ1) is 14.2. The lowest BCUT2D eigenvalue weighted by Gasteiger charge is -2.35. The van der Waals surface area contributed by atoms with Gasteiger partial charge in [-0.1, -0.05) is 12.1 Å². The van der Waals surface area contributed by atoms with E-state index in [-0.39, 0.29) is 12.5 Å². The third-order valence-corrected chi connectivity index (χ3v) is 5.28. The van der Waals surface area contributed by atoms with E-state index < -0.39 is 0 Å². The highest BCUT2D eigenvalue weighted by Crippen LogP contribution is 2.18. The van der Waals surface area contributed by atoms with Crippen LogP contribution in [0.15, 0.2) is 36.4 Å². The topological polar surface area (TPSA) is 71.0 Å². The van der Waals surface area contributed by atoms with E-state index in [2.05, 4.69) is 20.0 Å². The molecular weight excluding hydrogens is 370 g/mol. The van der Waals surface area contributed by atoms with Crippen LogP contribution in [0.4, 0.5) is 11.6 Å². The molecule has 0 aliphatic carbocycles. The molecule has 0 spiro atoms. The molecule has 0 atom stereocenters. The third-order valence-electron chi connectivity index (χ3n) is 5.28. The zero-order valence-electron chi connectivity index (χ0n) is 16.8. The zero-order chi connectivity index (χ0) is 20.1. The van der Waals surface area contributed by atoms with Gasteiger partial charge < -0.3 is 24.2 Å². The van der Waals surface area contributed by atoms with Crippen LogP contribution in [0.25, 0.3) is 0 Å². The number of amides is 1. The number of aromatic nitrogens is 2. The minimum atomic E-state index is 0.0138. The Morgan fingerprint density at radius 1 is 0.966 bits per heavy atom. The predicted molar refractivity (Wildman–Crippen MR) is 111 cm³/mol. The first-order valence-electron chi connectivity index (χ1n) is 10.1. The average molecular weight is 397 g/mol. The lowest BCUT2D eigenvalue weighted by molar-refractivity contribution is -0.133. The van der Waals surface area contributed by atoms with Crippen LogP contribution in [-0.2, 0) is 9.53 Å². The molecule has 0 saturated carbocycles. The smallest absolute Gasteiger partial charge is 0.260 e. The fourth-order valence-corrected chi connectivity index (χ4v) is 3.57. The van der Waals surface area contributed by atoms with Gasteiger partial charge in [-0.15, -0.1) is 10.2 Å². The molecule has 8 heteroatoms. The number of aryl methyl sites for hydroxylation is 1. The number of benzene rings is 1. The van der Waals surface area contributed by atoms with Crippen molar-refractivity contribution in [2.24, 2.45) is 0 Å². The molecule has 0 unspecified atom stereocenters. The number of hydrogen-bond acceptors (Lipinski definition) is 7. The number of nitrogens with zero attached hydrogens (tertiary/aromatic N) is 5. The summed E-state index contributed by atoms with van der Waals surface area (Å²) in [5.74, 6) is 2.48. The molecule has 2 aliphatic heterocycles. The normalized spacial score (nSPS) is 17.3. The highest BCUT2D eigenvalue weighted by Gasteiger charge is 2.23. The number of anilines is 2. The summed E-state index contributed by atoms with van der Waals surface area (Å²) in [5, 5.41) is 8.78. The fourth-order valence-electron chi connectivity index (χ4n) is 3.57. The number of hydrogen-bond donors (Lipinski definition) is 0. The maximum Gasteiger partial charge on any atom is 0.260 e. The number of ether oxygens (including phenoxy) is 2. The van der Waals surface area contributed by atoms with E-state index in [1.807, 2.05) is 48.2 Å².